The maximum atomic E-state index is 13.1. The van der Waals surface area contributed by atoms with Crippen LogP contribution < -0.4 is 4.74 Å². The van der Waals surface area contributed by atoms with Crippen LogP contribution in [0.1, 0.15) is 18.0 Å². The van der Waals surface area contributed by atoms with Gasteiger partial charge in [-0.15, -0.1) is 12.6 Å². The van der Waals surface area contributed by atoms with Crippen molar-refractivity contribution < 1.29 is 33.4 Å². The molecule has 2 aliphatic heterocycles. The zero-order chi connectivity index (χ0) is 25.5. The summed E-state index contributed by atoms with van der Waals surface area (Å²) in [6.45, 7) is -0.210. The van der Waals surface area contributed by atoms with E-state index in [2.05, 4.69) is 28.4 Å². The largest absolute Gasteiger partial charge is 0.481 e. The molecule has 3 heterocycles. The molecule has 3 atom stereocenters. The van der Waals surface area contributed by atoms with Crippen LogP contribution in [0.2, 0.25) is 0 Å². The van der Waals surface area contributed by atoms with Crippen LogP contribution in [0, 0.1) is 17.2 Å². The number of nitrogens with zero attached hydrogens (tertiary/aromatic N) is 4. The third-order valence-electron chi connectivity index (χ3n) is 5.16. The minimum absolute atomic E-state index is 0.0508. The second-order valence-electron chi connectivity index (χ2n) is 7.46. The highest BCUT2D eigenvalue weighted by atomic mass is 32.2. The number of amides is 2. The quantitative estimate of drug-likeness (QED) is 0.521. The summed E-state index contributed by atoms with van der Waals surface area (Å²) in [4.78, 5) is 53.6. The monoisotopic (exact) mass is 510 g/mol. The molecule has 0 spiro atoms. The number of methoxy groups -OCH3 is 3. The minimum Gasteiger partial charge on any atom is -0.481 e. The molecule has 2 amide bonds. The summed E-state index contributed by atoms with van der Waals surface area (Å²) in [5.74, 6) is -0.964. The lowest BCUT2D eigenvalue weighted by Gasteiger charge is -2.45. The Morgan fingerprint density at radius 3 is 2.41 bits per heavy atom. The molecule has 3 rings (SSSR count). The number of carbonyl (C=O) groups excluding carboxylic acids is 4. The van der Waals surface area contributed by atoms with Crippen LogP contribution in [0.25, 0.3) is 0 Å². The number of rotatable bonds is 7. The summed E-state index contributed by atoms with van der Waals surface area (Å²) in [6.07, 6.45) is 1.58. The number of piperazine rings is 1. The van der Waals surface area contributed by atoms with Crippen LogP contribution >= 0.6 is 24.4 Å². The van der Waals surface area contributed by atoms with E-state index < -0.39 is 16.8 Å². The number of fused-ring (bicyclic) bond motifs is 1. The first-order valence-corrected chi connectivity index (χ1v) is 11.3. The van der Waals surface area contributed by atoms with Crippen LogP contribution in [0.5, 0.6) is 5.88 Å². The van der Waals surface area contributed by atoms with Crippen molar-refractivity contribution in [2.45, 2.75) is 17.3 Å². The van der Waals surface area contributed by atoms with E-state index >= 15 is 0 Å². The van der Waals surface area contributed by atoms with Gasteiger partial charge in [-0.1, -0.05) is 6.07 Å². The highest BCUT2D eigenvalue weighted by Crippen LogP contribution is 2.54. The van der Waals surface area contributed by atoms with Crippen molar-refractivity contribution in [2.24, 2.45) is 5.92 Å². The Morgan fingerprint density at radius 2 is 1.94 bits per heavy atom. The summed E-state index contributed by atoms with van der Waals surface area (Å²) < 4.78 is 14.3. The molecule has 1 unspecified atom stereocenters. The molecule has 0 aliphatic carbocycles. The van der Waals surface area contributed by atoms with Crippen LogP contribution in [-0.2, 0) is 28.7 Å². The van der Waals surface area contributed by atoms with E-state index in [0.29, 0.717) is 11.4 Å². The molecule has 1 aromatic rings. The molecule has 13 heteroatoms. The van der Waals surface area contributed by atoms with Crippen LogP contribution in [0.15, 0.2) is 18.3 Å². The Morgan fingerprint density at radius 1 is 1.26 bits per heavy atom. The lowest BCUT2D eigenvalue weighted by atomic mass is 9.95. The van der Waals surface area contributed by atoms with E-state index in [1.54, 1.807) is 12.1 Å². The first-order chi connectivity index (χ1) is 16.1. The molecule has 0 saturated carbocycles. The van der Waals surface area contributed by atoms with Gasteiger partial charge in [0.15, 0.2) is 4.87 Å². The number of aromatic nitrogens is 1. The highest BCUT2D eigenvalue weighted by Gasteiger charge is 2.63. The maximum absolute atomic E-state index is 13.1. The van der Waals surface area contributed by atoms with Gasteiger partial charge in [-0.05, 0) is 17.3 Å². The fourth-order valence-electron chi connectivity index (χ4n) is 3.89. The number of likely N-dealkylation sites (N-methyl/N-ethyl adjacent to an activating group) is 1. The molecule has 2 saturated heterocycles. The van der Waals surface area contributed by atoms with Crippen molar-refractivity contribution >= 4 is 46.4 Å². The Labute approximate surface area is 207 Å². The molecule has 34 heavy (non-hydrogen) atoms. The number of thiol groups is 1. The fourth-order valence-corrected chi connectivity index (χ4v) is 5.39. The summed E-state index contributed by atoms with van der Waals surface area (Å²) in [6, 6.07) is 4.87. The van der Waals surface area contributed by atoms with E-state index in [0.717, 1.165) is 11.8 Å². The average molecular weight is 511 g/mol. The molecule has 0 N–H and O–H groups in total. The van der Waals surface area contributed by atoms with Crippen LogP contribution in [0.4, 0.5) is 0 Å². The third kappa shape index (κ3) is 5.87. The van der Waals surface area contributed by atoms with E-state index in [1.165, 1.54) is 44.4 Å². The second kappa shape index (κ2) is 12.2. The smallest absolute Gasteiger partial charge is 0.259 e. The van der Waals surface area contributed by atoms with E-state index in [1.807, 2.05) is 0 Å². The number of pyridine rings is 1. The first-order valence-electron chi connectivity index (χ1n) is 10.0. The van der Waals surface area contributed by atoms with Crippen molar-refractivity contribution in [1.29, 1.82) is 5.26 Å². The molecule has 0 radical (unpaired) electrons. The van der Waals surface area contributed by atoms with Gasteiger partial charge in [0.1, 0.15) is 13.2 Å². The molecule has 0 aromatic carbocycles. The van der Waals surface area contributed by atoms with Crippen molar-refractivity contribution in [3.63, 3.8) is 0 Å². The minimum atomic E-state index is -1.47. The number of hydrogen-bond acceptors (Lipinski definition) is 10. The Hall–Kier alpha value is -2.66. The van der Waals surface area contributed by atoms with Gasteiger partial charge in [-0.3, -0.25) is 19.2 Å². The van der Waals surface area contributed by atoms with Crippen molar-refractivity contribution in [3.8, 4) is 11.9 Å². The Balaban J connectivity index is 0.000000604. The van der Waals surface area contributed by atoms with Gasteiger partial charge >= 0.3 is 0 Å². The number of nitriles is 1. The van der Waals surface area contributed by atoms with Gasteiger partial charge in [-0.2, -0.15) is 5.26 Å². The lowest BCUT2D eigenvalue weighted by molar-refractivity contribution is -0.156. The van der Waals surface area contributed by atoms with E-state index in [4.69, 9.17) is 9.47 Å². The number of ether oxygens (including phenoxy) is 3. The zero-order valence-electron chi connectivity index (χ0n) is 19.2. The number of hydrogen-bond donors (Lipinski definition) is 1. The van der Waals surface area contributed by atoms with Gasteiger partial charge in [0.05, 0.1) is 31.7 Å². The molecule has 2 aliphatic rings. The van der Waals surface area contributed by atoms with Crippen molar-refractivity contribution in [1.82, 2.24) is 14.8 Å². The van der Waals surface area contributed by atoms with Crippen LogP contribution in [-0.4, -0.2) is 89.8 Å². The van der Waals surface area contributed by atoms with Gasteiger partial charge in [0.25, 0.3) is 5.91 Å². The molecule has 11 nitrogen and oxygen atoms in total. The van der Waals surface area contributed by atoms with Crippen LogP contribution in [0.3, 0.4) is 0 Å². The SMILES string of the molecule is COCC(=O)S.COCC(=O)S[C@]12CC(C#N)[C@H](c3ccc(OC)nc3)N1C(=O)CN(C)C2=O. The molecule has 2 fully saturated rings. The summed E-state index contributed by atoms with van der Waals surface area (Å²) in [7, 11) is 5.84. The predicted molar refractivity (Wildman–Crippen MR) is 125 cm³/mol. The van der Waals surface area contributed by atoms with Gasteiger partial charge in [0.2, 0.25) is 22.0 Å². The van der Waals surface area contributed by atoms with Gasteiger partial charge in [-0.25, -0.2) is 4.98 Å². The Kier molecular flexibility index (Phi) is 9.87. The molecular weight excluding hydrogens is 484 g/mol. The molecular formula is C21H26N4O7S2. The summed E-state index contributed by atoms with van der Waals surface area (Å²) in [5.41, 5.74) is 0.611. The third-order valence-corrected chi connectivity index (χ3v) is 6.51. The second-order valence-corrected chi connectivity index (χ2v) is 9.30. The summed E-state index contributed by atoms with van der Waals surface area (Å²) >= 11 is 4.17. The van der Waals surface area contributed by atoms with Crippen molar-refractivity contribution in [3.05, 3.63) is 23.9 Å². The van der Waals surface area contributed by atoms with E-state index in [-0.39, 0.29) is 48.2 Å². The normalized spacial score (nSPS) is 23.5. The molecule has 0 bridgehead atoms. The first kappa shape index (κ1) is 27.6. The van der Waals surface area contributed by atoms with Gasteiger partial charge in [0, 0.05) is 40.0 Å². The lowest BCUT2D eigenvalue weighted by Crippen LogP contribution is -2.63. The zero-order valence-corrected chi connectivity index (χ0v) is 20.9. The number of thioether (sulfide) groups is 1. The summed E-state index contributed by atoms with van der Waals surface area (Å²) in [5, 5.41) is 9.14. The highest BCUT2D eigenvalue weighted by molar-refractivity contribution is 8.15. The van der Waals surface area contributed by atoms with Gasteiger partial charge < -0.3 is 24.0 Å². The molecule has 184 valence electrons. The Bertz CT molecular complexity index is 969. The topological polar surface area (TPSA) is 139 Å². The standard InChI is InChI=1S/C18H20N4O5S.C3H6O2S/c1-21-9-14(23)22-16(11-4-5-13(27-3)20-8-11)12(7-19)6-18(22,17(21)25)28-15(24)10-26-2;1-5-2-3(4)6/h4-5,8,12,16H,6,9-10H2,1-3H3;2H2,1H3,(H,4,6)/t12?,16-,18-;/m0./s1. The maximum Gasteiger partial charge on any atom is 0.259 e. The van der Waals surface area contributed by atoms with Crippen molar-refractivity contribution in [2.75, 3.05) is 48.1 Å². The number of carbonyl (C=O) groups is 4. The molecule has 1 aromatic heterocycles. The fraction of sp³-hybridized carbons (Fsp3) is 0.524. The predicted octanol–water partition coefficient (Wildman–Crippen LogP) is 0.667. The van der Waals surface area contributed by atoms with E-state index in [9.17, 15) is 24.4 Å². The average Bonchev–Trinajstić information content (AvgIpc) is 3.14.